The molecular weight excluding hydrogens is 162 g/mol. The lowest BCUT2D eigenvalue weighted by molar-refractivity contribution is -0.136. The zero-order valence-corrected chi connectivity index (χ0v) is 6.86. The van der Waals surface area contributed by atoms with Gasteiger partial charge in [0, 0.05) is 19.3 Å². The highest BCUT2D eigenvalue weighted by molar-refractivity contribution is 5.69. The lowest BCUT2D eigenvalue weighted by Gasteiger charge is -2.14. The van der Waals surface area contributed by atoms with E-state index in [0.717, 1.165) is 0 Å². The first-order chi connectivity index (χ1) is 5.70. The molecule has 4 N–H and O–H groups in total. The monoisotopic (exact) mass is 177 g/mol. The molecule has 0 aromatic heterocycles. The van der Waals surface area contributed by atoms with Gasteiger partial charge in [0.05, 0.1) is 6.54 Å². The predicted molar refractivity (Wildman–Crippen MR) is 42.8 cm³/mol. The van der Waals surface area contributed by atoms with Crippen LogP contribution in [0.5, 0.6) is 0 Å². The number of aliphatic hydroxyl groups excluding tert-OH is 2. The summed E-state index contributed by atoms with van der Waals surface area (Å²) >= 11 is 0. The molecule has 0 amide bonds. The molecule has 0 saturated carbocycles. The van der Waals surface area contributed by atoms with Gasteiger partial charge in [-0.2, -0.15) is 0 Å². The summed E-state index contributed by atoms with van der Waals surface area (Å²) in [4.78, 5) is 10.1. The molecule has 0 aliphatic carbocycles. The molecule has 0 rings (SSSR count). The molecule has 0 fully saturated rings. The Hall–Kier alpha value is -0.650. The molecule has 5 nitrogen and oxygen atoms in total. The highest BCUT2D eigenvalue weighted by Gasteiger charge is 2.07. The van der Waals surface area contributed by atoms with Crippen molar-refractivity contribution < 1.29 is 20.1 Å². The topological polar surface area (TPSA) is 89.8 Å². The Morgan fingerprint density at radius 1 is 1.25 bits per heavy atom. The summed E-state index contributed by atoms with van der Waals surface area (Å²) in [5.74, 6) is -0.934. The zero-order chi connectivity index (χ0) is 9.40. The number of carboxylic acid groups (broad SMARTS) is 1. The van der Waals surface area contributed by atoms with E-state index in [1.54, 1.807) is 0 Å². The van der Waals surface area contributed by atoms with E-state index in [9.17, 15) is 4.79 Å². The highest BCUT2D eigenvalue weighted by Crippen LogP contribution is 1.95. The van der Waals surface area contributed by atoms with E-state index in [4.69, 9.17) is 15.3 Å². The van der Waals surface area contributed by atoms with Gasteiger partial charge in [-0.3, -0.25) is 4.79 Å². The average molecular weight is 177 g/mol. The summed E-state index contributed by atoms with van der Waals surface area (Å²) in [6, 6.07) is -0.115. The van der Waals surface area contributed by atoms with Crippen LogP contribution in [0.25, 0.3) is 0 Å². The lowest BCUT2D eigenvalue weighted by Crippen LogP contribution is -2.35. The van der Waals surface area contributed by atoms with Crippen molar-refractivity contribution in [3.05, 3.63) is 0 Å². The number of nitrogens with one attached hydrogen (secondary N) is 1. The van der Waals surface area contributed by atoms with Gasteiger partial charge in [0.2, 0.25) is 0 Å². The second-order valence-electron chi connectivity index (χ2n) is 2.50. The van der Waals surface area contributed by atoms with E-state index in [1.807, 2.05) is 0 Å². The quantitative estimate of drug-likeness (QED) is 0.392. The Bertz CT molecular complexity index is 123. The highest BCUT2D eigenvalue weighted by atomic mass is 16.4. The van der Waals surface area contributed by atoms with E-state index in [-0.39, 0.29) is 25.8 Å². The van der Waals surface area contributed by atoms with Crippen molar-refractivity contribution in [2.24, 2.45) is 0 Å². The minimum Gasteiger partial charge on any atom is -0.480 e. The molecule has 0 spiro atoms. The van der Waals surface area contributed by atoms with Gasteiger partial charge in [0.25, 0.3) is 0 Å². The van der Waals surface area contributed by atoms with Crippen LogP contribution >= 0.6 is 0 Å². The van der Waals surface area contributed by atoms with Crippen molar-refractivity contribution in [2.45, 2.75) is 18.9 Å². The van der Waals surface area contributed by atoms with Crippen LogP contribution in [0.2, 0.25) is 0 Å². The van der Waals surface area contributed by atoms with Gasteiger partial charge in [-0.05, 0) is 12.8 Å². The van der Waals surface area contributed by atoms with Crippen LogP contribution in [0.3, 0.4) is 0 Å². The van der Waals surface area contributed by atoms with E-state index in [1.165, 1.54) is 0 Å². The summed E-state index contributed by atoms with van der Waals surface area (Å²) in [5, 5.41) is 28.1. The number of aliphatic hydroxyl groups is 2. The first-order valence-electron chi connectivity index (χ1n) is 3.87. The number of carboxylic acids is 1. The summed E-state index contributed by atoms with van der Waals surface area (Å²) in [7, 11) is 0. The van der Waals surface area contributed by atoms with Gasteiger partial charge >= 0.3 is 5.97 Å². The molecule has 0 saturated heterocycles. The molecule has 5 heteroatoms. The Morgan fingerprint density at radius 2 is 1.75 bits per heavy atom. The zero-order valence-electron chi connectivity index (χ0n) is 6.86. The Balaban J connectivity index is 3.54. The first kappa shape index (κ1) is 11.4. The standard InChI is InChI=1S/C7H15NO4/c9-3-1-6(2-4-10)8-5-7(11)12/h6,8-10H,1-5H2,(H,11,12). The minimum absolute atomic E-state index is 0.00269. The fourth-order valence-corrected chi connectivity index (χ4v) is 0.892. The third-order valence-electron chi connectivity index (χ3n) is 1.50. The maximum atomic E-state index is 10.1. The Morgan fingerprint density at radius 3 is 2.08 bits per heavy atom. The molecule has 0 aliphatic heterocycles. The smallest absolute Gasteiger partial charge is 0.317 e. The van der Waals surface area contributed by atoms with Gasteiger partial charge in [-0.25, -0.2) is 0 Å². The third-order valence-corrected chi connectivity index (χ3v) is 1.50. The molecule has 0 aliphatic rings. The lowest BCUT2D eigenvalue weighted by atomic mass is 10.1. The summed E-state index contributed by atoms with van der Waals surface area (Å²) in [6.45, 7) is -0.140. The van der Waals surface area contributed by atoms with Crippen molar-refractivity contribution in [3.8, 4) is 0 Å². The third kappa shape index (κ3) is 6.09. The van der Waals surface area contributed by atoms with Crippen molar-refractivity contribution in [1.29, 1.82) is 0 Å². The fraction of sp³-hybridized carbons (Fsp3) is 0.857. The normalized spacial score (nSPS) is 10.6. The van der Waals surface area contributed by atoms with Crippen molar-refractivity contribution in [2.75, 3.05) is 19.8 Å². The molecule has 0 heterocycles. The van der Waals surface area contributed by atoms with Crippen LogP contribution in [0.1, 0.15) is 12.8 Å². The maximum absolute atomic E-state index is 10.1. The van der Waals surface area contributed by atoms with E-state index < -0.39 is 5.97 Å². The second kappa shape index (κ2) is 7.02. The maximum Gasteiger partial charge on any atom is 0.317 e. The molecule has 0 bridgehead atoms. The van der Waals surface area contributed by atoms with E-state index in [2.05, 4.69) is 5.32 Å². The number of aliphatic carboxylic acids is 1. The van der Waals surface area contributed by atoms with Gasteiger partial charge in [-0.15, -0.1) is 0 Å². The molecule has 0 atom stereocenters. The predicted octanol–water partition coefficient (Wildman–Crippen LogP) is -1.21. The van der Waals surface area contributed by atoms with E-state index >= 15 is 0 Å². The van der Waals surface area contributed by atoms with Crippen LogP contribution in [0, 0.1) is 0 Å². The molecule has 0 aromatic carbocycles. The summed E-state index contributed by atoms with van der Waals surface area (Å²) in [5.41, 5.74) is 0. The average Bonchev–Trinajstić information content (AvgIpc) is 2.01. The molecule has 0 unspecified atom stereocenters. The van der Waals surface area contributed by atoms with Crippen LogP contribution in [-0.2, 0) is 4.79 Å². The first-order valence-corrected chi connectivity index (χ1v) is 3.87. The summed E-state index contributed by atoms with van der Waals surface area (Å²) < 4.78 is 0. The van der Waals surface area contributed by atoms with Crippen molar-refractivity contribution in [3.63, 3.8) is 0 Å². The summed E-state index contributed by atoms with van der Waals surface area (Å²) in [6.07, 6.45) is 0.932. The number of rotatable bonds is 7. The molecule has 12 heavy (non-hydrogen) atoms. The van der Waals surface area contributed by atoms with Crippen LogP contribution < -0.4 is 5.32 Å². The Kier molecular flexibility index (Phi) is 6.64. The van der Waals surface area contributed by atoms with Crippen molar-refractivity contribution in [1.82, 2.24) is 5.32 Å². The largest absolute Gasteiger partial charge is 0.480 e. The fourth-order valence-electron chi connectivity index (χ4n) is 0.892. The Labute approximate surface area is 71.0 Å². The molecule has 0 radical (unpaired) electrons. The van der Waals surface area contributed by atoms with Gasteiger partial charge in [0.15, 0.2) is 0 Å². The van der Waals surface area contributed by atoms with Crippen LogP contribution in [0.15, 0.2) is 0 Å². The number of hydrogen-bond donors (Lipinski definition) is 4. The molecular formula is C7H15NO4. The van der Waals surface area contributed by atoms with Crippen LogP contribution in [-0.4, -0.2) is 47.1 Å². The second-order valence-corrected chi connectivity index (χ2v) is 2.50. The molecule has 0 aromatic rings. The van der Waals surface area contributed by atoms with Crippen molar-refractivity contribution >= 4 is 5.97 Å². The minimum atomic E-state index is -0.934. The number of carbonyl (C=O) groups is 1. The molecule has 72 valence electrons. The number of hydrogen-bond acceptors (Lipinski definition) is 4. The van der Waals surface area contributed by atoms with Gasteiger partial charge < -0.3 is 20.6 Å². The van der Waals surface area contributed by atoms with Gasteiger partial charge in [0.1, 0.15) is 0 Å². The van der Waals surface area contributed by atoms with Crippen LogP contribution in [0.4, 0.5) is 0 Å². The SMILES string of the molecule is O=C(O)CNC(CCO)CCO. The van der Waals surface area contributed by atoms with Gasteiger partial charge in [-0.1, -0.05) is 0 Å². The van der Waals surface area contributed by atoms with E-state index in [0.29, 0.717) is 12.8 Å².